The predicted octanol–water partition coefficient (Wildman–Crippen LogP) is 4.76. The van der Waals surface area contributed by atoms with E-state index in [1.165, 1.54) is 42.7 Å². The third kappa shape index (κ3) is 6.21. The van der Waals surface area contributed by atoms with Gasteiger partial charge in [-0.25, -0.2) is 5.84 Å². The van der Waals surface area contributed by atoms with Crippen molar-refractivity contribution in [3.63, 3.8) is 0 Å². The number of nitrogens with two attached hydrogens (primary N) is 2. The van der Waals surface area contributed by atoms with E-state index in [4.69, 9.17) is 11.6 Å². The van der Waals surface area contributed by atoms with Gasteiger partial charge in [0.05, 0.1) is 11.7 Å². The molecule has 4 N–H and O–H groups in total. The Labute approximate surface area is 193 Å². The first kappa shape index (κ1) is 24.0. The Kier molecular flexibility index (Phi) is 8.48. The van der Waals surface area contributed by atoms with Crippen LogP contribution in [-0.4, -0.2) is 31.5 Å². The summed E-state index contributed by atoms with van der Waals surface area (Å²) in [5.74, 6) is 8.61. The Bertz CT molecular complexity index is 877. The fourth-order valence-electron chi connectivity index (χ4n) is 4.35. The smallest absolute Gasteiger partial charge is 0.115 e. The van der Waals surface area contributed by atoms with Crippen LogP contribution in [-0.2, 0) is 6.42 Å². The maximum atomic E-state index is 6.23. The number of benzene rings is 2. The molecule has 1 aliphatic heterocycles. The lowest BCUT2D eigenvalue weighted by Gasteiger charge is -2.35. The van der Waals surface area contributed by atoms with Gasteiger partial charge in [-0.3, -0.25) is 10.0 Å². The molecule has 172 valence electrons. The van der Waals surface area contributed by atoms with Gasteiger partial charge >= 0.3 is 0 Å². The molecule has 0 amide bonds. The summed E-state index contributed by atoms with van der Waals surface area (Å²) in [5.41, 5.74) is 10.5. The molecule has 0 spiro atoms. The second-order valence-electron chi connectivity index (χ2n) is 9.16. The summed E-state index contributed by atoms with van der Waals surface area (Å²) in [5, 5.41) is 1.59. The van der Waals surface area contributed by atoms with E-state index in [1.807, 2.05) is 19.1 Å². The molecule has 1 saturated heterocycles. The van der Waals surface area contributed by atoms with Crippen LogP contribution in [0.3, 0.4) is 0 Å². The molecule has 5 heteroatoms. The minimum atomic E-state index is -0.120. The van der Waals surface area contributed by atoms with Crippen LogP contribution in [0.2, 0.25) is 0 Å². The average Bonchev–Trinajstić information content (AvgIpc) is 2.83. The maximum absolute atomic E-state index is 6.23. The van der Waals surface area contributed by atoms with E-state index in [-0.39, 0.29) is 6.04 Å². The summed E-state index contributed by atoms with van der Waals surface area (Å²) in [6, 6.07) is 17.3. The normalized spacial score (nSPS) is 16.3. The molecule has 0 aliphatic carbocycles. The largest absolute Gasteiger partial charge is 0.372 e. The summed E-state index contributed by atoms with van der Waals surface area (Å²) in [4.78, 5) is 7.04. The molecule has 0 radical (unpaired) electrons. The molecule has 5 nitrogen and oxygen atoms in total. The first-order valence-corrected chi connectivity index (χ1v) is 11.8. The summed E-state index contributed by atoms with van der Waals surface area (Å²) in [6.07, 6.45) is 5.24. The van der Waals surface area contributed by atoms with E-state index in [2.05, 4.69) is 66.7 Å². The molecule has 3 rings (SSSR count). The summed E-state index contributed by atoms with van der Waals surface area (Å²) >= 11 is 0. The third-order valence-electron chi connectivity index (χ3n) is 6.62. The molecule has 1 atom stereocenters. The Hall–Kier alpha value is -2.63. The third-order valence-corrected chi connectivity index (χ3v) is 6.62. The van der Waals surface area contributed by atoms with Gasteiger partial charge in [-0.2, -0.15) is 0 Å². The van der Waals surface area contributed by atoms with Crippen molar-refractivity contribution in [2.45, 2.75) is 46.1 Å². The zero-order valence-electron chi connectivity index (χ0n) is 19.9. The highest BCUT2D eigenvalue weighted by molar-refractivity contribution is 5.95. The van der Waals surface area contributed by atoms with Gasteiger partial charge in [0.1, 0.15) is 5.84 Å². The molecule has 0 aromatic heterocycles. The summed E-state index contributed by atoms with van der Waals surface area (Å²) in [7, 11) is 0. The van der Waals surface area contributed by atoms with Crippen LogP contribution in [0.5, 0.6) is 0 Å². The number of nitrogens with zero attached hydrogens (tertiary/aromatic N) is 3. The van der Waals surface area contributed by atoms with E-state index < -0.39 is 0 Å². The highest BCUT2D eigenvalue weighted by atomic mass is 15.4. The SMILES string of the molecule is C=CC(CN)/N=C(/C)N(N)c1ccc(Cc2ccc(N3CCC(C(C)C)CC3)cc2)cc1. The van der Waals surface area contributed by atoms with Crippen LogP contribution < -0.4 is 21.5 Å². The fourth-order valence-corrected chi connectivity index (χ4v) is 4.35. The van der Waals surface area contributed by atoms with Crippen molar-refractivity contribution in [2.24, 2.45) is 28.4 Å². The molecule has 1 aliphatic rings. The van der Waals surface area contributed by atoms with Gasteiger partial charge in [-0.1, -0.05) is 44.2 Å². The van der Waals surface area contributed by atoms with Crippen LogP contribution in [0.4, 0.5) is 11.4 Å². The lowest BCUT2D eigenvalue weighted by atomic mass is 9.86. The van der Waals surface area contributed by atoms with Crippen LogP contribution in [0.15, 0.2) is 66.2 Å². The minimum Gasteiger partial charge on any atom is -0.372 e. The first-order chi connectivity index (χ1) is 15.4. The lowest BCUT2D eigenvalue weighted by molar-refractivity contribution is 0.311. The van der Waals surface area contributed by atoms with Crippen LogP contribution >= 0.6 is 0 Å². The van der Waals surface area contributed by atoms with Gasteiger partial charge in [-0.15, -0.1) is 6.58 Å². The van der Waals surface area contributed by atoms with Crippen molar-refractivity contribution in [1.82, 2.24) is 0 Å². The van der Waals surface area contributed by atoms with Gasteiger partial charge in [0, 0.05) is 25.3 Å². The van der Waals surface area contributed by atoms with Crippen molar-refractivity contribution in [3.8, 4) is 0 Å². The molecule has 1 heterocycles. The van der Waals surface area contributed by atoms with E-state index in [9.17, 15) is 0 Å². The van der Waals surface area contributed by atoms with Gasteiger partial charge in [-0.05, 0) is 73.4 Å². The van der Waals surface area contributed by atoms with Gasteiger partial charge < -0.3 is 10.6 Å². The maximum Gasteiger partial charge on any atom is 0.115 e. The molecule has 2 aromatic carbocycles. The number of aliphatic imine (C=N–C) groups is 1. The zero-order valence-corrected chi connectivity index (χ0v) is 19.9. The van der Waals surface area contributed by atoms with Crippen LogP contribution in [0.1, 0.15) is 44.7 Å². The first-order valence-electron chi connectivity index (χ1n) is 11.8. The lowest BCUT2D eigenvalue weighted by Crippen LogP contribution is -2.37. The fraction of sp³-hybridized carbons (Fsp3) is 0.444. The number of rotatable bonds is 8. The number of hydrogen-bond donors (Lipinski definition) is 2. The van der Waals surface area contributed by atoms with Crippen molar-refractivity contribution >= 4 is 17.2 Å². The van der Waals surface area contributed by atoms with Crippen molar-refractivity contribution in [1.29, 1.82) is 0 Å². The monoisotopic (exact) mass is 433 g/mol. The molecular weight excluding hydrogens is 394 g/mol. The summed E-state index contributed by atoms with van der Waals surface area (Å²) < 4.78 is 0. The minimum absolute atomic E-state index is 0.120. The zero-order chi connectivity index (χ0) is 23.1. The van der Waals surface area contributed by atoms with Gasteiger partial charge in [0.15, 0.2) is 0 Å². The number of hydrogen-bond acceptors (Lipinski definition) is 4. The molecule has 2 aromatic rings. The van der Waals surface area contributed by atoms with Crippen molar-refractivity contribution in [3.05, 3.63) is 72.3 Å². The van der Waals surface area contributed by atoms with E-state index in [0.29, 0.717) is 12.4 Å². The Morgan fingerprint density at radius 2 is 1.66 bits per heavy atom. The molecule has 0 saturated carbocycles. The second-order valence-corrected chi connectivity index (χ2v) is 9.16. The number of piperidine rings is 1. The highest BCUT2D eigenvalue weighted by Crippen LogP contribution is 2.28. The second kappa shape index (κ2) is 11.3. The quantitative estimate of drug-likeness (QED) is 0.207. The Balaban J connectivity index is 1.58. The van der Waals surface area contributed by atoms with Gasteiger partial charge in [0.2, 0.25) is 0 Å². The number of amidine groups is 1. The van der Waals surface area contributed by atoms with Crippen molar-refractivity contribution < 1.29 is 0 Å². The van der Waals surface area contributed by atoms with E-state index in [1.54, 1.807) is 11.1 Å². The topological polar surface area (TPSA) is 70.9 Å². The standard InChI is InChI=1S/C27H39N5/c1-5-25(19-28)30-21(4)32(29)27-12-8-23(9-13-27)18-22-6-10-26(11-7-22)31-16-14-24(15-17-31)20(2)3/h5-13,20,24-25H,1,14-19,28-29H2,2-4H3/b30-21-. The number of anilines is 2. The molecule has 1 unspecified atom stereocenters. The van der Waals surface area contributed by atoms with Crippen LogP contribution in [0.25, 0.3) is 0 Å². The van der Waals surface area contributed by atoms with Crippen molar-refractivity contribution in [2.75, 3.05) is 29.5 Å². The molecule has 1 fully saturated rings. The molecule has 32 heavy (non-hydrogen) atoms. The van der Waals surface area contributed by atoms with Crippen LogP contribution in [0, 0.1) is 11.8 Å². The highest BCUT2D eigenvalue weighted by Gasteiger charge is 2.21. The van der Waals surface area contributed by atoms with Gasteiger partial charge in [0.25, 0.3) is 0 Å². The molecule has 0 bridgehead atoms. The summed E-state index contributed by atoms with van der Waals surface area (Å²) in [6.45, 7) is 13.1. The van der Waals surface area contributed by atoms with E-state index in [0.717, 1.165) is 23.9 Å². The average molecular weight is 434 g/mol. The molecular formula is C27H39N5. The Morgan fingerprint density at radius 3 is 2.16 bits per heavy atom. The predicted molar refractivity (Wildman–Crippen MR) is 138 cm³/mol. The Morgan fingerprint density at radius 1 is 1.09 bits per heavy atom. The van der Waals surface area contributed by atoms with E-state index >= 15 is 0 Å². The number of hydrazine groups is 1.